The molecule has 2 heterocycles. The highest BCUT2D eigenvalue weighted by atomic mass is 79.9. The smallest absolute Gasteiger partial charge is 0.322 e. The number of amides is 2. The number of halogens is 2. The van der Waals surface area contributed by atoms with E-state index >= 15 is 0 Å². The molecule has 1 saturated heterocycles. The van der Waals surface area contributed by atoms with Crippen molar-refractivity contribution in [1.29, 1.82) is 0 Å². The predicted molar refractivity (Wildman–Crippen MR) is 116 cm³/mol. The van der Waals surface area contributed by atoms with Gasteiger partial charge in [0, 0.05) is 31.7 Å². The molecule has 154 valence electrons. The van der Waals surface area contributed by atoms with Gasteiger partial charge in [-0.25, -0.2) is 0 Å². The van der Waals surface area contributed by atoms with E-state index in [1.165, 1.54) is 0 Å². The molecule has 0 saturated carbocycles. The number of hydrogen-bond acceptors (Lipinski definition) is 5. The van der Waals surface area contributed by atoms with E-state index in [0.717, 1.165) is 17.6 Å². The van der Waals surface area contributed by atoms with Crippen molar-refractivity contribution in [2.75, 3.05) is 42.9 Å². The Balaban J connectivity index is 1.87. The summed E-state index contributed by atoms with van der Waals surface area (Å²) in [6, 6.07) is 6.54. The lowest BCUT2D eigenvalue weighted by atomic mass is 10.1. The Morgan fingerprint density at radius 2 is 1.83 bits per heavy atom. The van der Waals surface area contributed by atoms with Crippen LogP contribution in [0.1, 0.15) is 20.8 Å². The van der Waals surface area contributed by atoms with Gasteiger partial charge in [-0.1, -0.05) is 0 Å². The van der Waals surface area contributed by atoms with Crippen LogP contribution in [0.15, 0.2) is 33.3 Å². The Kier molecular flexibility index (Phi) is 6.93. The first-order valence-electron chi connectivity index (χ1n) is 8.80. The van der Waals surface area contributed by atoms with Crippen LogP contribution < -0.4 is 20.9 Å². The molecule has 9 nitrogen and oxygen atoms in total. The van der Waals surface area contributed by atoms with E-state index in [2.05, 4.69) is 57.7 Å². The van der Waals surface area contributed by atoms with Gasteiger partial charge >= 0.3 is 5.97 Å². The number of rotatable bonds is 6. The van der Waals surface area contributed by atoms with Crippen molar-refractivity contribution in [2.24, 2.45) is 0 Å². The molecular formula is C18H19Br2N5O4. The minimum atomic E-state index is -1.12. The molecule has 1 fully saturated rings. The zero-order valence-electron chi connectivity index (χ0n) is 15.2. The summed E-state index contributed by atoms with van der Waals surface area (Å²) in [6.07, 6.45) is 0. The SMILES string of the molecule is O=C(O)CNC(=O)c1ccc(NC(=O)c2cc(Br)c(Br)[nH]2)c(N2CCNCC2)c1. The lowest BCUT2D eigenvalue weighted by molar-refractivity contribution is -0.135. The quantitative estimate of drug-likeness (QED) is 0.390. The van der Waals surface area contributed by atoms with Gasteiger partial charge in [-0.05, 0) is 56.1 Å². The van der Waals surface area contributed by atoms with Crippen LogP contribution in [0.5, 0.6) is 0 Å². The highest BCUT2D eigenvalue weighted by Gasteiger charge is 2.20. The zero-order valence-corrected chi connectivity index (χ0v) is 18.4. The molecule has 29 heavy (non-hydrogen) atoms. The van der Waals surface area contributed by atoms with Crippen LogP contribution in [0.4, 0.5) is 11.4 Å². The number of benzene rings is 1. The van der Waals surface area contributed by atoms with E-state index in [1.54, 1.807) is 24.3 Å². The summed E-state index contributed by atoms with van der Waals surface area (Å²) < 4.78 is 1.39. The van der Waals surface area contributed by atoms with Crippen LogP contribution in [-0.2, 0) is 4.79 Å². The third-order valence-electron chi connectivity index (χ3n) is 4.34. The number of aromatic amines is 1. The van der Waals surface area contributed by atoms with Crippen molar-refractivity contribution in [3.05, 3.63) is 44.6 Å². The number of nitrogens with one attached hydrogen (secondary N) is 4. The van der Waals surface area contributed by atoms with Crippen molar-refractivity contribution >= 4 is 61.0 Å². The number of carbonyl (C=O) groups excluding carboxylic acids is 2. The summed E-state index contributed by atoms with van der Waals surface area (Å²) in [5.74, 6) is -1.93. The normalized spacial score (nSPS) is 13.8. The summed E-state index contributed by atoms with van der Waals surface area (Å²) in [6.45, 7) is 2.51. The third kappa shape index (κ3) is 5.37. The number of carboxylic acids is 1. The Morgan fingerprint density at radius 1 is 1.10 bits per heavy atom. The van der Waals surface area contributed by atoms with E-state index in [1.807, 2.05) is 0 Å². The zero-order chi connectivity index (χ0) is 21.0. The molecule has 0 atom stereocenters. The molecule has 3 rings (SSSR count). The fourth-order valence-electron chi connectivity index (χ4n) is 2.92. The van der Waals surface area contributed by atoms with Crippen LogP contribution >= 0.6 is 31.9 Å². The Bertz CT molecular complexity index is 921. The number of aromatic nitrogens is 1. The molecule has 1 aliphatic heterocycles. The standard InChI is InChI=1S/C18H19Br2N5O4/c19-11-8-13(23-16(11)20)18(29)24-12-2-1-10(17(28)22-9-15(26)27)7-14(12)25-5-3-21-4-6-25/h1-2,7-8,21,23H,3-6,9H2,(H,22,28)(H,24,29)(H,26,27). The van der Waals surface area contributed by atoms with E-state index in [4.69, 9.17) is 5.11 Å². The molecule has 0 radical (unpaired) electrons. The van der Waals surface area contributed by atoms with E-state index in [9.17, 15) is 14.4 Å². The molecule has 5 N–H and O–H groups in total. The van der Waals surface area contributed by atoms with Crippen LogP contribution in [0.25, 0.3) is 0 Å². The second kappa shape index (κ2) is 9.42. The molecular weight excluding hydrogens is 510 g/mol. The summed E-state index contributed by atoms with van der Waals surface area (Å²) in [5.41, 5.74) is 1.96. The molecule has 2 aromatic rings. The van der Waals surface area contributed by atoms with E-state index in [0.29, 0.717) is 40.3 Å². The van der Waals surface area contributed by atoms with Gasteiger partial charge in [-0.2, -0.15) is 0 Å². The molecule has 0 bridgehead atoms. The second-order valence-corrected chi connectivity index (χ2v) is 7.99. The van der Waals surface area contributed by atoms with Gasteiger partial charge in [-0.15, -0.1) is 0 Å². The molecule has 11 heteroatoms. The summed E-state index contributed by atoms with van der Waals surface area (Å²) >= 11 is 6.65. The predicted octanol–water partition coefficient (Wildman–Crippen LogP) is 2.02. The van der Waals surface area contributed by atoms with Crippen LogP contribution in [0.2, 0.25) is 0 Å². The van der Waals surface area contributed by atoms with Crippen LogP contribution in [-0.4, -0.2) is 60.6 Å². The largest absolute Gasteiger partial charge is 0.480 e. The number of carbonyl (C=O) groups is 3. The minimum absolute atomic E-state index is 0.322. The van der Waals surface area contributed by atoms with Gasteiger partial charge in [0.05, 0.1) is 20.5 Å². The lowest BCUT2D eigenvalue weighted by Crippen LogP contribution is -2.44. The average Bonchev–Trinajstić information content (AvgIpc) is 3.05. The highest BCUT2D eigenvalue weighted by molar-refractivity contribution is 9.13. The first-order chi connectivity index (χ1) is 13.8. The number of hydrogen-bond donors (Lipinski definition) is 5. The molecule has 2 amide bonds. The number of carboxylic acid groups (broad SMARTS) is 1. The Morgan fingerprint density at radius 3 is 2.45 bits per heavy atom. The van der Waals surface area contributed by atoms with E-state index < -0.39 is 18.4 Å². The summed E-state index contributed by atoms with van der Waals surface area (Å²) in [7, 11) is 0. The average molecular weight is 529 g/mol. The topological polar surface area (TPSA) is 127 Å². The van der Waals surface area contributed by atoms with Gasteiger partial charge in [0.2, 0.25) is 0 Å². The van der Waals surface area contributed by atoms with Gasteiger partial charge < -0.3 is 30.9 Å². The van der Waals surface area contributed by atoms with Gasteiger partial charge in [0.15, 0.2) is 0 Å². The molecule has 0 aliphatic carbocycles. The maximum absolute atomic E-state index is 12.7. The summed E-state index contributed by atoms with van der Waals surface area (Å²) in [4.78, 5) is 40.6. The van der Waals surface area contributed by atoms with E-state index in [-0.39, 0.29) is 5.91 Å². The van der Waals surface area contributed by atoms with Crippen LogP contribution in [0, 0.1) is 0 Å². The molecule has 1 aromatic carbocycles. The molecule has 1 aliphatic rings. The fraction of sp³-hybridized carbons (Fsp3) is 0.278. The Hall–Kier alpha value is -2.37. The fourth-order valence-corrected chi connectivity index (χ4v) is 3.58. The van der Waals surface area contributed by atoms with Gasteiger partial charge in [0.25, 0.3) is 11.8 Å². The third-order valence-corrected chi connectivity index (χ3v) is 6.12. The number of anilines is 2. The number of piperazine rings is 1. The number of aliphatic carboxylic acids is 1. The lowest BCUT2D eigenvalue weighted by Gasteiger charge is -2.31. The first-order valence-corrected chi connectivity index (χ1v) is 10.4. The van der Waals surface area contributed by atoms with Gasteiger partial charge in [0.1, 0.15) is 12.2 Å². The van der Waals surface area contributed by atoms with Crippen molar-refractivity contribution in [3.8, 4) is 0 Å². The maximum Gasteiger partial charge on any atom is 0.322 e. The first kappa shape index (κ1) is 21.3. The molecule has 0 spiro atoms. The highest BCUT2D eigenvalue weighted by Crippen LogP contribution is 2.29. The maximum atomic E-state index is 12.7. The summed E-state index contributed by atoms with van der Waals surface area (Å²) in [5, 5.41) is 17.2. The minimum Gasteiger partial charge on any atom is -0.480 e. The number of H-pyrrole nitrogens is 1. The van der Waals surface area contributed by atoms with Crippen molar-refractivity contribution in [1.82, 2.24) is 15.6 Å². The number of nitrogens with zero attached hydrogens (tertiary/aromatic N) is 1. The molecule has 1 aromatic heterocycles. The van der Waals surface area contributed by atoms with Crippen molar-refractivity contribution in [3.63, 3.8) is 0 Å². The monoisotopic (exact) mass is 527 g/mol. The second-order valence-electron chi connectivity index (χ2n) is 6.34. The van der Waals surface area contributed by atoms with Crippen molar-refractivity contribution < 1.29 is 19.5 Å². The van der Waals surface area contributed by atoms with Gasteiger partial charge in [-0.3, -0.25) is 14.4 Å². The van der Waals surface area contributed by atoms with Crippen molar-refractivity contribution in [2.45, 2.75) is 0 Å². The molecule has 0 unspecified atom stereocenters. The van der Waals surface area contributed by atoms with Crippen LogP contribution in [0.3, 0.4) is 0 Å². The Labute approximate surface area is 183 Å².